The van der Waals surface area contributed by atoms with Gasteiger partial charge >= 0.3 is 6.18 Å². The first kappa shape index (κ1) is 28.9. The number of nitrogens with zero attached hydrogens (tertiary/aromatic N) is 4. The average molecular weight is 585 g/mol. The van der Waals surface area contributed by atoms with Gasteiger partial charge in [-0.2, -0.15) is 13.2 Å². The van der Waals surface area contributed by atoms with Crippen molar-refractivity contribution in [3.05, 3.63) is 47.3 Å². The number of piperidine rings is 1. The molecule has 226 valence electrons. The number of hydrogen-bond acceptors (Lipinski definition) is 6. The van der Waals surface area contributed by atoms with Crippen LogP contribution in [-0.2, 0) is 17.4 Å². The summed E-state index contributed by atoms with van der Waals surface area (Å²) >= 11 is 0. The average Bonchev–Trinajstić information content (AvgIpc) is 3.54. The predicted molar refractivity (Wildman–Crippen MR) is 152 cm³/mol. The van der Waals surface area contributed by atoms with Crippen LogP contribution < -0.4 is 10.6 Å². The van der Waals surface area contributed by atoms with Crippen molar-refractivity contribution >= 4 is 23.5 Å². The highest BCUT2D eigenvalue weighted by Crippen LogP contribution is 2.54. The Hall–Kier alpha value is -3.21. The third-order valence-electron chi connectivity index (χ3n) is 9.86. The second-order valence-corrected chi connectivity index (χ2v) is 12.7. The molecule has 2 aromatic rings. The fourth-order valence-electron chi connectivity index (χ4n) is 7.31. The van der Waals surface area contributed by atoms with Crippen molar-refractivity contribution in [3.8, 4) is 0 Å². The normalized spacial score (nSPS) is 26.3. The zero-order valence-corrected chi connectivity index (χ0v) is 24.2. The van der Waals surface area contributed by atoms with Gasteiger partial charge in [-0.15, -0.1) is 0 Å². The molecule has 2 heterocycles. The van der Waals surface area contributed by atoms with Crippen LogP contribution >= 0.6 is 0 Å². The molecule has 4 atom stereocenters. The van der Waals surface area contributed by atoms with Crippen molar-refractivity contribution in [3.63, 3.8) is 0 Å². The summed E-state index contributed by atoms with van der Waals surface area (Å²) in [6.07, 6.45) is 2.93. The van der Waals surface area contributed by atoms with Gasteiger partial charge in [0.15, 0.2) is 0 Å². The summed E-state index contributed by atoms with van der Waals surface area (Å²) in [5, 5.41) is 6.10. The van der Waals surface area contributed by atoms with Crippen molar-refractivity contribution in [1.29, 1.82) is 0 Å². The molecule has 6 rings (SSSR count). The summed E-state index contributed by atoms with van der Waals surface area (Å²) in [5.74, 6) is 0.0138. The largest absolute Gasteiger partial charge is 0.419 e. The Morgan fingerprint density at radius 2 is 1.71 bits per heavy atom. The van der Waals surface area contributed by atoms with Gasteiger partial charge in [0.05, 0.1) is 11.3 Å². The number of benzene rings is 1. The lowest BCUT2D eigenvalue weighted by molar-refractivity contribution is -0.138. The standard InChI is InChI=1S/C31H39F3N6O2/c1-39-13-11-23(12-14-39)40(2)29(42)18-5-7-22(8-6-18)37-30-35-17-25(31(32,33)34)26(38-30)16-24-19-3-4-20(15-19)27(24)28(41)36-21-9-10-21/h5-8,17,19-21,23-24,27H,3-4,9-16H2,1-2H3,(H,36,41)(H,35,37,38)/t19-,20+,24-,27+/m0/s1. The molecule has 11 heteroatoms. The number of rotatable bonds is 8. The third-order valence-corrected chi connectivity index (χ3v) is 9.86. The Balaban J connectivity index is 1.17. The number of nitrogens with one attached hydrogen (secondary N) is 2. The Morgan fingerprint density at radius 1 is 1.02 bits per heavy atom. The summed E-state index contributed by atoms with van der Waals surface area (Å²) in [5.41, 5.74) is 0.187. The molecule has 3 aliphatic carbocycles. The number of carbonyl (C=O) groups is 2. The number of anilines is 2. The van der Waals surface area contributed by atoms with Gasteiger partial charge in [-0.25, -0.2) is 9.97 Å². The Bertz CT molecular complexity index is 1310. The highest BCUT2D eigenvalue weighted by Gasteiger charge is 2.52. The fourth-order valence-corrected chi connectivity index (χ4v) is 7.31. The van der Waals surface area contributed by atoms with Crippen molar-refractivity contribution in [2.75, 3.05) is 32.5 Å². The van der Waals surface area contributed by atoms with Gasteiger partial charge in [0.2, 0.25) is 11.9 Å². The molecule has 1 aliphatic heterocycles. The first-order chi connectivity index (χ1) is 20.1. The van der Waals surface area contributed by atoms with Crippen LogP contribution in [0.4, 0.5) is 24.8 Å². The molecule has 4 aliphatic rings. The highest BCUT2D eigenvalue weighted by molar-refractivity contribution is 5.94. The molecule has 4 fully saturated rings. The van der Waals surface area contributed by atoms with Crippen molar-refractivity contribution in [1.82, 2.24) is 25.1 Å². The van der Waals surface area contributed by atoms with E-state index >= 15 is 0 Å². The van der Waals surface area contributed by atoms with Crippen molar-refractivity contribution in [2.45, 2.75) is 69.6 Å². The molecule has 2 amide bonds. The van der Waals surface area contributed by atoms with E-state index in [-0.39, 0.29) is 65.6 Å². The molecule has 1 aromatic heterocycles. The summed E-state index contributed by atoms with van der Waals surface area (Å²) in [6.45, 7) is 1.91. The second-order valence-electron chi connectivity index (χ2n) is 12.7. The summed E-state index contributed by atoms with van der Waals surface area (Å²) in [7, 11) is 3.91. The van der Waals surface area contributed by atoms with Gasteiger partial charge in [-0.3, -0.25) is 9.59 Å². The number of hydrogen-bond donors (Lipinski definition) is 2. The van der Waals surface area contributed by atoms with Gasteiger partial charge in [0.1, 0.15) is 0 Å². The van der Waals surface area contributed by atoms with Crippen LogP contribution in [0.1, 0.15) is 66.6 Å². The zero-order valence-electron chi connectivity index (χ0n) is 24.2. The monoisotopic (exact) mass is 584 g/mol. The molecule has 42 heavy (non-hydrogen) atoms. The number of fused-ring (bicyclic) bond motifs is 2. The summed E-state index contributed by atoms with van der Waals surface area (Å²) in [6, 6.07) is 7.25. The maximum absolute atomic E-state index is 14.0. The van der Waals surface area contributed by atoms with Crippen LogP contribution in [0.25, 0.3) is 0 Å². The predicted octanol–water partition coefficient (Wildman–Crippen LogP) is 4.89. The first-order valence-electron chi connectivity index (χ1n) is 15.1. The van der Waals surface area contributed by atoms with Crippen LogP contribution in [0.15, 0.2) is 30.5 Å². The number of alkyl halides is 3. The smallest absolute Gasteiger partial charge is 0.353 e. The SMILES string of the molecule is CN1CCC(N(C)C(=O)c2ccc(Nc3ncc(C(F)(F)F)c(C[C@H]4[C@H]5CC[C@H](C5)[C@H]4C(=O)NC4CC4)n3)cc2)CC1. The van der Waals surface area contributed by atoms with E-state index in [4.69, 9.17) is 0 Å². The van der Waals surface area contributed by atoms with E-state index in [1.807, 2.05) is 7.05 Å². The minimum Gasteiger partial charge on any atom is -0.353 e. The molecular formula is C31H39F3N6O2. The van der Waals surface area contributed by atoms with E-state index in [9.17, 15) is 22.8 Å². The van der Waals surface area contributed by atoms with Crippen LogP contribution in [0.3, 0.4) is 0 Å². The number of likely N-dealkylation sites (tertiary alicyclic amines) is 1. The van der Waals surface area contributed by atoms with E-state index in [2.05, 4.69) is 32.5 Å². The Labute approximate surface area is 244 Å². The molecule has 3 saturated carbocycles. The summed E-state index contributed by atoms with van der Waals surface area (Å²) < 4.78 is 42.1. The lowest BCUT2D eigenvalue weighted by Crippen LogP contribution is -2.44. The van der Waals surface area contributed by atoms with Crippen LogP contribution in [0.2, 0.25) is 0 Å². The molecular weight excluding hydrogens is 545 g/mol. The van der Waals surface area contributed by atoms with Crippen LogP contribution in [0, 0.1) is 23.7 Å². The molecule has 0 radical (unpaired) electrons. The minimum atomic E-state index is -4.60. The van der Waals surface area contributed by atoms with E-state index in [1.165, 1.54) is 0 Å². The molecule has 1 saturated heterocycles. The fraction of sp³-hybridized carbons (Fsp3) is 0.613. The minimum absolute atomic E-state index is 0.00762. The molecule has 2 N–H and O–H groups in total. The topological polar surface area (TPSA) is 90.5 Å². The molecule has 1 aromatic carbocycles. The van der Waals surface area contributed by atoms with Gasteiger partial charge in [-0.05, 0) is 114 Å². The van der Waals surface area contributed by atoms with Gasteiger partial charge in [-0.1, -0.05) is 0 Å². The van der Waals surface area contributed by atoms with Crippen molar-refractivity contribution in [2.24, 2.45) is 23.7 Å². The number of amides is 2. The van der Waals surface area contributed by atoms with Crippen LogP contribution in [0.5, 0.6) is 0 Å². The van der Waals surface area contributed by atoms with E-state index in [0.717, 1.165) is 64.2 Å². The van der Waals surface area contributed by atoms with Crippen molar-refractivity contribution < 1.29 is 22.8 Å². The van der Waals surface area contributed by atoms with Gasteiger partial charge < -0.3 is 20.4 Å². The van der Waals surface area contributed by atoms with E-state index in [0.29, 0.717) is 11.3 Å². The maximum atomic E-state index is 14.0. The lowest BCUT2D eigenvalue weighted by atomic mass is 9.76. The number of aromatic nitrogens is 2. The Morgan fingerprint density at radius 3 is 2.38 bits per heavy atom. The third kappa shape index (κ3) is 6.11. The zero-order chi connectivity index (χ0) is 29.6. The summed E-state index contributed by atoms with van der Waals surface area (Å²) in [4.78, 5) is 38.5. The van der Waals surface area contributed by atoms with Crippen LogP contribution in [-0.4, -0.2) is 70.9 Å². The lowest BCUT2D eigenvalue weighted by Gasteiger charge is -2.35. The second kappa shape index (κ2) is 11.5. The molecule has 2 bridgehead atoms. The molecule has 0 spiro atoms. The van der Waals surface area contributed by atoms with E-state index in [1.54, 1.807) is 29.2 Å². The quantitative estimate of drug-likeness (QED) is 0.460. The number of halogens is 3. The number of carbonyl (C=O) groups excluding carboxylic acids is 2. The van der Waals surface area contributed by atoms with Gasteiger partial charge in [0.25, 0.3) is 5.91 Å². The highest BCUT2D eigenvalue weighted by atomic mass is 19.4. The van der Waals surface area contributed by atoms with E-state index < -0.39 is 11.7 Å². The molecule has 0 unspecified atom stereocenters. The maximum Gasteiger partial charge on any atom is 0.419 e. The van der Waals surface area contributed by atoms with Gasteiger partial charge in [0, 0.05) is 42.5 Å². The first-order valence-corrected chi connectivity index (χ1v) is 15.1. The molecule has 8 nitrogen and oxygen atoms in total. The Kier molecular flexibility index (Phi) is 7.89.